The Kier molecular flexibility index (Phi) is 8.23. The summed E-state index contributed by atoms with van der Waals surface area (Å²) in [7, 11) is 0. The van der Waals surface area contributed by atoms with Gasteiger partial charge in [0, 0.05) is 15.1 Å². The topological polar surface area (TPSA) is 66.8 Å². The minimum absolute atomic E-state index is 0.105. The summed E-state index contributed by atoms with van der Waals surface area (Å²) in [5.74, 6) is -0.252. The molecule has 1 unspecified atom stereocenters. The number of aliphatic hydroxyl groups is 1. The third-order valence-corrected chi connectivity index (χ3v) is 10.6. The molecule has 2 bridgehead atoms. The van der Waals surface area contributed by atoms with E-state index < -0.39 is 17.7 Å². The average Bonchev–Trinajstić information content (AvgIpc) is 2.75. The Hall–Kier alpha value is -1.11. The van der Waals surface area contributed by atoms with Crippen molar-refractivity contribution in [3.05, 3.63) is 52.6 Å². The van der Waals surface area contributed by atoms with Gasteiger partial charge in [0.1, 0.15) is 11.9 Å². The highest BCUT2D eigenvalue weighted by molar-refractivity contribution is 9.09. The number of hydrogen-bond acceptors (Lipinski definition) is 4. The minimum Gasteiger partial charge on any atom is -0.508 e. The highest BCUT2D eigenvalue weighted by atomic mass is 79.9. The van der Waals surface area contributed by atoms with Crippen LogP contribution in [0.2, 0.25) is 0 Å². The Morgan fingerprint density at radius 1 is 1.15 bits per heavy atom. The van der Waals surface area contributed by atoms with Crippen LogP contribution in [0, 0.1) is 5.41 Å². The van der Waals surface area contributed by atoms with Gasteiger partial charge in [-0.2, -0.15) is 0 Å². The van der Waals surface area contributed by atoms with E-state index in [4.69, 9.17) is 4.74 Å². The van der Waals surface area contributed by atoms with Gasteiger partial charge in [0.25, 0.3) is 0 Å². The van der Waals surface area contributed by atoms with Crippen LogP contribution in [-0.2, 0) is 11.2 Å². The fourth-order valence-corrected chi connectivity index (χ4v) is 6.31. The summed E-state index contributed by atoms with van der Waals surface area (Å²) >= 11 is 7.72. The average molecular weight is 584 g/mol. The van der Waals surface area contributed by atoms with Crippen molar-refractivity contribution in [2.24, 2.45) is 5.41 Å². The molecule has 1 aromatic carbocycles. The number of phenolic OH excluding ortho intramolecular Hbond substituents is 1. The van der Waals surface area contributed by atoms with Gasteiger partial charge in [0.05, 0.1) is 11.2 Å². The van der Waals surface area contributed by atoms with E-state index in [0.717, 1.165) is 36.8 Å². The van der Waals surface area contributed by atoms with Crippen molar-refractivity contribution in [3.63, 3.8) is 0 Å². The van der Waals surface area contributed by atoms with Gasteiger partial charge >= 0.3 is 5.97 Å². The Labute approximate surface area is 214 Å². The van der Waals surface area contributed by atoms with Crippen molar-refractivity contribution < 1.29 is 19.7 Å². The van der Waals surface area contributed by atoms with E-state index in [1.165, 1.54) is 11.1 Å². The maximum Gasteiger partial charge on any atom is 0.338 e. The lowest BCUT2D eigenvalue weighted by molar-refractivity contribution is 0.0143. The van der Waals surface area contributed by atoms with Crippen molar-refractivity contribution in [1.29, 1.82) is 0 Å². The molecule has 0 saturated carbocycles. The van der Waals surface area contributed by atoms with Crippen molar-refractivity contribution in [2.75, 3.05) is 0 Å². The third kappa shape index (κ3) is 5.76. The van der Waals surface area contributed by atoms with Gasteiger partial charge in [-0.1, -0.05) is 56.5 Å². The van der Waals surface area contributed by atoms with E-state index in [9.17, 15) is 15.0 Å². The van der Waals surface area contributed by atoms with E-state index in [0.29, 0.717) is 29.7 Å². The minimum atomic E-state index is -0.956. The number of cyclic esters (lactones) is 1. The highest BCUT2D eigenvalue weighted by Crippen LogP contribution is 2.50. The number of rotatable bonds is 1. The fraction of sp³-hybridized carbons (Fsp3) is 0.593. The van der Waals surface area contributed by atoms with Crippen LogP contribution in [0.3, 0.4) is 0 Å². The van der Waals surface area contributed by atoms with Gasteiger partial charge in [-0.15, -0.1) is 0 Å². The van der Waals surface area contributed by atoms with Crippen LogP contribution in [0.4, 0.5) is 0 Å². The molecule has 1 heterocycles. The van der Waals surface area contributed by atoms with Crippen LogP contribution in [0.15, 0.2) is 41.5 Å². The SMILES string of the molecule is C=C(C)[C@@H]1CCC(C)(O)[C@H](Br)CC[C@@]2(C)C(=C(C)CC[C@@H]2Br)Cc2cc(ccc2O)C(=O)O1. The number of allylic oxidation sites excluding steroid dienone is 2. The molecule has 0 amide bonds. The maximum absolute atomic E-state index is 13.0. The largest absolute Gasteiger partial charge is 0.508 e. The van der Waals surface area contributed by atoms with Crippen LogP contribution >= 0.6 is 31.9 Å². The first-order valence-electron chi connectivity index (χ1n) is 11.7. The van der Waals surface area contributed by atoms with E-state index in [-0.39, 0.29) is 16.0 Å². The first kappa shape index (κ1) is 26.5. The standard InChI is InChI=1S/C27H36Br2O4/c1-16(2)22-10-13-27(5,32)24(29)11-12-26(4)20(17(3)6-9-23(26)28)15-19-14-18(25(31)33-22)7-8-21(19)30/h7-8,14,22-24,30,32H,1,6,9-13,15H2,2-5H3/t22-,23-,24+,26-,27?/m0/s1. The smallest absolute Gasteiger partial charge is 0.338 e. The predicted molar refractivity (Wildman–Crippen MR) is 140 cm³/mol. The summed E-state index contributed by atoms with van der Waals surface area (Å²) in [4.78, 5) is 13.2. The number of esters is 1. The number of ether oxygens (including phenoxy) is 1. The third-order valence-electron chi connectivity index (χ3n) is 7.65. The number of halogens is 2. The molecule has 6 heteroatoms. The molecule has 2 aliphatic rings. The van der Waals surface area contributed by atoms with Gasteiger partial charge in [-0.05, 0) is 95.1 Å². The maximum atomic E-state index is 13.0. The lowest BCUT2D eigenvalue weighted by atomic mass is 9.66. The van der Waals surface area contributed by atoms with Crippen LogP contribution in [0.1, 0.15) is 82.1 Å². The number of aromatic hydroxyl groups is 1. The number of benzene rings is 1. The summed E-state index contributed by atoms with van der Waals surface area (Å²) in [6, 6.07) is 4.95. The molecule has 0 aromatic heterocycles. The van der Waals surface area contributed by atoms with Gasteiger partial charge in [-0.25, -0.2) is 4.79 Å². The molecule has 5 atom stereocenters. The Morgan fingerprint density at radius 2 is 1.85 bits per heavy atom. The monoisotopic (exact) mass is 582 g/mol. The van der Waals surface area contributed by atoms with Crippen LogP contribution < -0.4 is 0 Å². The Bertz CT molecular complexity index is 951. The molecule has 1 aliphatic carbocycles. The molecule has 0 radical (unpaired) electrons. The van der Waals surface area contributed by atoms with Crippen LogP contribution in [0.25, 0.3) is 0 Å². The summed E-state index contributed by atoms with van der Waals surface area (Å²) in [6.07, 6.45) is 4.79. The van der Waals surface area contributed by atoms with Gasteiger partial charge in [0.2, 0.25) is 0 Å². The molecule has 0 saturated heterocycles. The number of carbonyl (C=O) groups excluding carboxylic acids is 1. The van der Waals surface area contributed by atoms with E-state index >= 15 is 0 Å². The van der Waals surface area contributed by atoms with Crippen molar-refractivity contribution in [3.8, 4) is 5.75 Å². The number of carbonyl (C=O) groups is 1. The highest BCUT2D eigenvalue weighted by Gasteiger charge is 2.42. The summed E-state index contributed by atoms with van der Waals surface area (Å²) in [6.45, 7) is 12.1. The second-order valence-corrected chi connectivity index (χ2v) is 12.6. The van der Waals surface area contributed by atoms with Crippen LogP contribution in [-0.4, -0.2) is 37.5 Å². The molecule has 0 spiro atoms. The normalized spacial score (nSPS) is 34.0. The second-order valence-electron chi connectivity index (χ2n) is 10.3. The van der Waals surface area contributed by atoms with Gasteiger partial charge in [-0.3, -0.25) is 0 Å². The Morgan fingerprint density at radius 3 is 2.52 bits per heavy atom. The lowest BCUT2D eigenvalue weighted by Gasteiger charge is -2.43. The van der Waals surface area contributed by atoms with Crippen molar-refractivity contribution >= 4 is 37.8 Å². The first-order valence-corrected chi connectivity index (χ1v) is 13.6. The number of phenols is 1. The molecule has 0 fully saturated rings. The summed E-state index contributed by atoms with van der Waals surface area (Å²) in [5.41, 5.74) is 3.44. The Balaban J connectivity index is 2.08. The van der Waals surface area contributed by atoms with E-state index in [1.807, 2.05) is 13.8 Å². The molecule has 1 aromatic rings. The zero-order valence-corrected chi connectivity index (χ0v) is 23.3. The molecule has 2 N–H and O–H groups in total. The van der Waals surface area contributed by atoms with Crippen molar-refractivity contribution in [1.82, 2.24) is 0 Å². The summed E-state index contributed by atoms with van der Waals surface area (Å²) < 4.78 is 5.79. The zero-order chi connectivity index (χ0) is 24.6. The van der Waals surface area contributed by atoms with Crippen LogP contribution in [0.5, 0.6) is 5.75 Å². The molecular formula is C27H36Br2O4. The van der Waals surface area contributed by atoms with Crippen molar-refractivity contribution in [2.45, 2.75) is 94.0 Å². The number of fused-ring (bicyclic) bond motifs is 3. The molecule has 182 valence electrons. The lowest BCUT2D eigenvalue weighted by Crippen LogP contribution is -2.40. The first-order chi connectivity index (χ1) is 15.3. The molecule has 33 heavy (non-hydrogen) atoms. The number of hydrogen-bond donors (Lipinski definition) is 2. The number of alkyl halides is 2. The van der Waals surface area contributed by atoms with E-state index in [2.05, 4.69) is 52.3 Å². The quantitative estimate of drug-likeness (QED) is 0.212. The van der Waals surface area contributed by atoms with Gasteiger partial charge in [0.15, 0.2) is 0 Å². The fourth-order valence-electron chi connectivity index (χ4n) is 5.11. The molecular weight excluding hydrogens is 548 g/mol. The van der Waals surface area contributed by atoms with Gasteiger partial charge < -0.3 is 14.9 Å². The molecule has 1 aliphatic heterocycles. The summed E-state index contributed by atoms with van der Waals surface area (Å²) in [5, 5.41) is 21.9. The molecule has 3 rings (SSSR count). The second kappa shape index (κ2) is 10.2. The predicted octanol–water partition coefficient (Wildman–Crippen LogP) is 7.00. The molecule has 4 nitrogen and oxygen atoms in total. The van der Waals surface area contributed by atoms with E-state index in [1.54, 1.807) is 18.2 Å². The zero-order valence-electron chi connectivity index (χ0n) is 20.1.